The molecule has 28 heavy (non-hydrogen) atoms. The van der Waals surface area contributed by atoms with Crippen LogP contribution in [0.5, 0.6) is 0 Å². The molecule has 0 radical (unpaired) electrons. The molecule has 0 spiro atoms. The zero-order valence-electron chi connectivity index (χ0n) is 17.7. The summed E-state index contributed by atoms with van der Waals surface area (Å²) in [7, 11) is 1.99. The van der Waals surface area contributed by atoms with Gasteiger partial charge in [0.2, 0.25) is 0 Å². The Labute approximate surface area is 168 Å². The lowest BCUT2D eigenvalue weighted by Crippen LogP contribution is -2.44. The molecule has 152 valence electrons. The van der Waals surface area contributed by atoms with Crippen LogP contribution < -0.4 is 10.6 Å². The Kier molecular flexibility index (Phi) is 6.70. The van der Waals surface area contributed by atoms with Crippen LogP contribution in [0.2, 0.25) is 0 Å². The zero-order valence-corrected chi connectivity index (χ0v) is 17.7. The Hall–Kier alpha value is -2.37. The number of aromatic nitrogens is 3. The van der Waals surface area contributed by atoms with E-state index in [9.17, 15) is 0 Å². The van der Waals surface area contributed by atoms with Crippen LogP contribution in [0.4, 0.5) is 0 Å². The van der Waals surface area contributed by atoms with Crippen molar-refractivity contribution >= 4 is 5.96 Å². The second kappa shape index (κ2) is 9.22. The van der Waals surface area contributed by atoms with Crippen LogP contribution in [-0.2, 0) is 20.1 Å². The van der Waals surface area contributed by atoms with E-state index in [1.807, 2.05) is 24.6 Å². The third-order valence-electron chi connectivity index (χ3n) is 6.03. The number of guanidine groups is 1. The summed E-state index contributed by atoms with van der Waals surface area (Å²) in [5, 5.41) is 15.4. The Morgan fingerprint density at radius 3 is 2.50 bits per heavy atom. The van der Waals surface area contributed by atoms with Gasteiger partial charge in [-0.3, -0.25) is 0 Å². The van der Waals surface area contributed by atoms with Crippen LogP contribution in [0.25, 0.3) is 0 Å². The summed E-state index contributed by atoms with van der Waals surface area (Å²) in [5.41, 5.74) is 1.46. The summed E-state index contributed by atoms with van der Waals surface area (Å²) in [4.78, 5) is 4.81. The molecule has 0 unspecified atom stereocenters. The van der Waals surface area contributed by atoms with Gasteiger partial charge in [-0.05, 0) is 36.7 Å². The number of aliphatic imine (C=N–C) groups is 1. The van der Waals surface area contributed by atoms with Crippen LogP contribution in [0.15, 0.2) is 35.3 Å². The molecule has 6 nitrogen and oxygen atoms in total. The van der Waals surface area contributed by atoms with Gasteiger partial charge in [-0.15, -0.1) is 10.2 Å². The maximum atomic E-state index is 4.81. The number of rotatable bonds is 7. The van der Waals surface area contributed by atoms with Gasteiger partial charge in [0, 0.05) is 13.6 Å². The van der Waals surface area contributed by atoms with Crippen LogP contribution in [0.1, 0.15) is 56.7 Å². The Morgan fingerprint density at radius 2 is 1.86 bits per heavy atom. The molecule has 1 heterocycles. The lowest BCUT2D eigenvalue weighted by Gasteiger charge is -2.32. The molecule has 0 bridgehead atoms. The Morgan fingerprint density at radius 1 is 1.14 bits per heavy atom. The van der Waals surface area contributed by atoms with Crippen LogP contribution >= 0.6 is 0 Å². The van der Waals surface area contributed by atoms with E-state index < -0.39 is 0 Å². The van der Waals surface area contributed by atoms with Gasteiger partial charge in [-0.2, -0.15) is 0 Å². The lowest BCUT2D eigenvalue weighted by atomic mass is 9.78. The average molecular weight is 383 g/mol. The molecule has 1 saturated carbocycles. The number of nitrogens with zero attached hydrogens (tertiary/aromatic N) is 4. The van der Waals surface area contributed by atoms with E-state index >= 15 is 0 Å². The van der Waals surface area contributed by atoms with Crippen molar-refractivity contribution in [3.63, 3.8) is 0 Å². The number of hydrogen-bond donors (Lipinski definition) is 2. The van der Waals surface area contributed by atoms with Crippen molar-refractivity contribution in [3.05, 3.63) is 47.5 Å². The van der Waals surface area contributed by atoms with Gasteiger partial charge in [0.05, 0.1) is 13.1 Å². The highest BCUT2D eigenvalue weighted by Gasteiger charge is 2.31. The van der Waals surface area contributed by atoms with E-state index in [-0.39, 0.29) is 5.41 Å². The molecule has 1 aliphatic carbocycles. The predicted molar refractivity (Wildman–Crippen MR) is 114 cm³/mol. The molecular formula is C22H34N6. The zero-order chi connectivity index (χ0) is 20.0. The maximum Gasteiger partial charge on any atom is 0.191 e. The maximum absolute atomic E-state index is 4.81. The fraction of sp³-hybridized carbons (Fsp3) is 0.591. The van der Waals surface area contributed by atoms with Gasteiger partial charge >= 0.3 is 0 Å². The molecule has 3 rings (SSSR count). The third kappa shape index (κ3) is 5.33. The fourth-order valence-corrected chi connectivity index (χ4v) is 3.86. The van der Waals surface area contributed by atoms with Gasteiger partial charge in [-0.25, -0.2) is 4.99 Å². The first-order chi connectivity index (χ1) is 13.5. The van der Waals surface area contributed by atoms with Crippen molar-refractivity contribution in [2.45, 2.75) is 59.5 Å². The number of benzene rings is 1. The molecule has 6 heteroatoms. The summed E-state index contributed by atoms with van der Waals surface area (Å²) in [6.07, 6.45) is 5.42. The molecule has 0 aliphatic heterocycles. The van der Waals surface area contributed by atoms with E-state index in [4.69, 9.17) is 4.99 Å². The molecule has 1 aromatic carbocycles. The predicted octanol–water partition coefficient (Wildman–Crippen LogP) is 3.58. The highest BCUT2D eigenvalue weighted by atomic mass is 15.3. The van der Waals surface area contributed by atoms with E-state index in [1.54, 1.807) is 0 Å². The van der Waals surface area contributed by atoms with Crippen molar-refractivity contribution in [3.8, 4) is 0 Å². The number of aryl methyl sites for hydroxylation is 1. The third-order valence-corrected chi connectivity index (χ3v) is 6.03. The van der Waals surface area contributed by atoms with E-state index in [2.05, 4.69) is 58.9 Å². The molecule has 0 saturated heterocycles. The van der Waals surface area contributed by atoms with Crippen LogP contribution in [-0.4, -0.2) is 27.3 Å². The first-order valence-electron chi connectivity index (χ1n) is 10.4. The minimum atomic E-state index is 0.257. The SMILES string of the molecule is Cc1nnc(CNC(=NCc2ccccc2)NCC(C)(C)C2CCCC2)n1C. The first-order valence-corrected chi connectivity index (χ1v) is 10.4. The highest BCUT2D eigenvalue weighted by molar-refractivity contribution is 5.79. The van der Waals surface area contributed by atoms with Crippen LogP contribution in [0, 0.1) is 18.3 Å². The van der Waals surface area contributed by atoms with Crippen molar-refractivity contribution < 1.29 is 0 Å². The van der Waals surface area contributed by atoms with E-state index in [0.717, 1.165) is 30.1 Å². The second-order valence-electron chi connectivity index (χ2n) is 8.55. The number of hydrogen-bond acceptors (Lipinski definition) is 3. The molecule has 1 fully saturated rings. The molecule has 0 amide bonds. The van der Waals surface area contributed by atoms with Crippen molar-refractivity contribution in [1.29, 1.82) is 0 Å². The lowest BCUT2D eigenvalue weighted by molar-refractivity contribution is 0.218. The van der Waals surface area contributed by atoms with E-state index in [1.165, 1.54) is 31.2 Å². The first kappa shape index (κ1) is 20.4. The molecule has 0 atom stereocenters. The van der Waals surface area contributed by atoms with E-state index in [0.29, 0.717) is 13.1 Å². The molecule has 1 aliphatic rings. The van der Waals surface area contributed by atoms with Crippen molar-refractivity contribution in [1.82, 2.24) is 25.4 Å². The minimum absolute atomic E-state index is 0.257. The Bertz CT molecular complexity index is 772. The van der Waals surface area contributed by atoms with Gasteiger partial charge in [0.15, 0.2) is 11.8 Å². The summed E-state index contributed by atoms with van der Waals surface area (Å²) >= 11 is 0. The quantitative estimate of drug-likeness (QED) is 0.567. The average Bonchev–Trinajstić information content (AvgIpc) is 3.34. The largest absolute Gasteiger partial charge is 0.356 e. The standard InChI is InChI=1S/C22H34N6/c1-17-26-27-20(28(17)4)15-24-21(23-14-18-10-6-5-7-11-18)25-16-22(2,3)19-12-8-9-13-19/h5-7,10-11,19H,8-9,12-16H2,1-4H3,(H2,23,24,25). The second-order valence-corrected chi connectivity index (χ2v) is 8.55. The van der Waals surface area contributed by atoms with Gasteiger partial charge < -0.3 is 15.2 Å². The minimum Gasteiger partial charge on any atom is -0.356 e. The van der Waals surface area contributed by atoms with Gasteiger partial charge in [-0.1, -0.05) is 57.0 Å². The normalized spacial score (nSPS) is 15.8. The highest BCUT2D eigenvalue weighted by Crippen LogP contribution is 2.38. The Balaban J connectivity index is 1.65. The molecule has 2 aromatic rings. The smallest absolute Gasteiger partial charge is 0.191 e. The van der Waals surface area contributed by atoms with Gasteiger partial charge in [0.25, 0.3) is 0 Å². The summed E-state index contributed by atoms with van der Waals surface area (Å²) in [6, 6.07) is 10.4. The molecular weight excluding hydrogens is 348 g/mol. The van der Waals surface area contributed by atoms with Gasteiger partial charge in [0.1, 0.15) is 5.82 Å². The summed E-state index contributed by atoms with van der Waals surface area (Å²) in [6.45, 7) is 8.87. The number of nitrogens with one attached hydrogen (secondary N) is 2. The van der Waals surface area contributed by atoms with Crippen LogP contribution in [0.3, 0.4) is 0 Å². The monoisotopic (exact) mass is 382 g/mol. The summed E-state index contributed by atoms with van der Waals surface area (Å²) in [5.74, 6) is 3.43. The fourth-order valence-electron chi connectivity index (χ4n) is 3.86. The summed E-state index contributed by atoms with van der Waals surface area (Å²) < 4.78 is 2.00. The van der Waals surface area contributed by atoms with Crippen molar-refractivity contribution in [2.24, 2.45) is 23.4 Å². The molecule has 2 N–H and O–H groups in total. The molecule has 1 aromatic heterocycles. The van der Waals surface area contributed by atoms with Crippen molar-refractivity contribution in [2.75, 3.05) is 6.54 Å². The topological polar surface area (TPSA) is 67.1 Å².